The van der Waals surface area contributed by atoms with Crippen molar-refractivity contribution in [1.29, 1.82) is 0 Å². The molecule has 0 radical (unpaired) electrons. The number of halogens is 1. The fraction of sp³-hybridized carbons (Fsp3) is 0.444. The standard InChI is InChI=1S/C27H35FN8O3/c1-35-25(32-33-34-35)21-14-20(24(29)37)15-22(16-21)26(39-2)31-27(38)30-10-4-12-36-11-3-5-19(17-36)13-18-6-8-23(28)9-7-18/h6-9,14-16,19,26H,3-5,10-13,17H2,1-2H3,(H2,29,37)(H2,30,31,38). The molecule has 0 spiro atoms. The maximum Gasteiger partial charge on any atom is 0.317 e. The first kappa shape index (κ1) is 28.1. The number of nitrogens with two attached hydrogens (primary N) is 1. The highest BCUT2D eigenvalue weighted by Crippen LogP contribution is 2.24. The van der Waals surface area contributed by atoms with Gasteiger partial charge >= 0.3 is 6.03 Å². The van der Waals surface area contributed by atoms with Crippen molar-refractivity contribution in [1.82, 2.24) is 35.7 Å². The van der Waals surface area contributed by atoms with E-state index in [-0.39, 0.29) is 17.4 Å². The zero-order valence-electron chi connectivity index (χ0n) is 22.3. The van der Waals surface area contributed by atoms with E-state index >= 15 is 0 Å². The molecule has 1 saturated heterocycles. The number of methoxy groups -OCH3 is 1. The van der Waals surface area contributed by atoms with E-state index < -0.39 is 12.1 Å². The Kier molecular flexibility index (Phi) is 9.55. The van der Waals surface area contributed by atoms with Crippen LogP contribution >= 0.6 is 0 Å². The van der Waals surface area contributed by atoms with Crippen LogP contribution in [0, 0.1) is 11.7 Å². The Morgan fingerprint density at radius 3 is 2.72 bits per heavy atom. The summed E-state index contributed by atoms with van der Waals surface area (Å²) < 4.78 is 20.2. The molecule has 39 heavy (non-hydrogen) atoms. The normalized spacial score (nSPS) is 16.5. The fourth-order valence-electron chi connectivity index (χ4n) is 4.98. The van der Waals surface area contributed by atoms with Crippen molar-refractivity contribution in [3.05, 3.63) is 65.0 Å². The molecule has 4 rings (SSSR count). The largest absolute Gasteiger partial charge is 0.366 e. The minimum atomic E-state index is -0.821. The van der Waals surface area contributed by atoms with Gasteiger partial charge in [0.1, 0.15) is 5.82 Å². The number of aryl methyl sites for hydroxylation is 1. The van der Waals surface area contributed by atoms with Crippen molar-refractivity contribution in [2.45, 2.75) is 31.9 Å². The lowest BCUT2D eigenvalue weighted by atomic mass is 9.91. The molecule has 2 atom stereocenters. The first-order valence-electron chi connectivity index (χ1n) is 13.0. The topological polar surface area (TPSA) is 140 Å². The molecular weight excluding hydrogens is 503 g/mol. The molecule has 12 heteroatoms. The number of urea groups is 1. The van der Waals surface area contributed by atoms with Crippen molar-refractivity contribution >= 4 is 11.9 Å². The van der Waals surface area contributed by atoms with Crippen LogP contribution in [0.2, 0.25) is 0 Å². The number of likely N-dealkylation sites (tertiary alicyclic amines) is 1. The number of piperidine rings is 1. The molecule has 2 heterocycles. The van der Waals surface area contributed by atoms with Gasteiger partial charge in [-0.1, -0.05) is 12.1 Å². The van der Waals surface area contributed by atoms with Crippen LogP contribution in [0.1, 0.15) is 47.0 Å². The molecular formula is C27H35FN8O3. The van der Waals surface area contributed by atoms with E-state index in [1.54, 1.807) is 25.2 Å². The number of nitrogens with zero attached hydrogens (tertiary/aromatic N) is 5. The maximum atomic E-state index is 13.2. The monoisotopic (exact) mass is 538 g/mol. The van der Waals surface area contributed by atoms with Gasteiger partial charge in [-0.2, -0.15) is 0 Å². The first-order chi connectivity index (χ1) is 18.8. The van der Waals surface area contributed by atoms with Crippen molar-refractivity contribution in [2.24, 2.45) is 18.7 Å². The third-order valence-electron chi connectivity index (χ3n) is 6.90. The number of amides is 3. The first-order valence-corrected chi connectivity index (χ1v) is 13.0. The molecule has 3 amide bonds. The smallest absolute Gasteiger partial charge is 0.317 e. The summed E-state index contributed by atoms with van der Waals surface area (Å²) in [5.41, 5.74) is 8.03. The molecule has 11 nitrogen and oxygen atoms in total. The van der Waals surface area contributed by atoms with Crippen LogP contribution in [-0.4, -0.2) is 70.3 Å². The zero-order chi connectivity index (χ0) is 27.8. The predicted octanol–water partition coefficient (Wildman–Crippen LogP) is 2.40. The zero-order valence-corrected chi connectivity index (χ0v) is 22.3. The highest BCUT2D eigenvalue weighted by atomic mass is 19.1. The molecule has 208 valence electrons. The number of carbonyl (C=O) groups excluding carboxylic acids is 2. The van der Waals surface area contributed by atoms with Crippen LogP contribution < -0.4 is 16.4 Å². The third-order valence-corrected chi connectivity index (χ3v) is 6.90. The summed E-state index contributed by atoms with van der Waals surface area (Å²) >= 11 is 0. The molecule has 1 aliphatic rings. The Labute approximate surface area is 226 Å². The van der Waals surface area contributed by atoms with Crippen molar-refractivity contribution in [3.8, 4) is 11.4 Å². The molecule has 1 fully saturated rings. The van der Waals surface area contributed by atoms with Gasteiger partial charge in [-0.3, -0.25) is 4.79 Å². The lowest BCUT2D eigenvalue weighted by Crippen LogP contribution is -2.41. The molecule has 3 aromatic rings. The van der Waals surface area contributed by atoms with Gasteiger partial charge in [0.25, 0.3) is 0 Å². The lowest BCUT2D eigenvalue weighted by molar-refractivity contribution is 0.0811. The van der Waals surface area contributed by atoms with Gasteiger partial charge in [-0.15, -0.1) is 5.10 Å². The summed E-state index contributed by atoms with van der Waals surface area (Å²) in [5.74, 6) is 0.156. The Hall–Kier alpha value is -3.90. The maximum absolute atomic E-state index is 13.2. The number of nitrogens with one attached hydrogen (secondary N) is 2. The number of hydrogen-bond donors (Lipinski definition) is 3. The minimum Gasteiger partial charge on any atom is -0.366 e. The van der Waals surface area contributed by atoms with E-state index in [0.717, 1.165) is 44.5 Å². The van der Waals surface area contributed by atoms with Crippen LogP contribution in [0.4, 0.5) is 9.18 Å². The lowest BCUT2D eigenvalue weighted by Gasteiger charge is -2.33. The number of aromatic nitrogens is 4. The van der Waals surface area contributed by atoms with Gasteiger partial charge in [0.15, 0.2) is 12.1 Å². The van der Waals surface area contributed by atoms with Gasteiger partial charge in [0, 0.05) is 43.9 Å². The van der Waals surface area contributed by atoms with Crippen LogP contribution in [0.5, 0.6) is 0 Å². The number of primary amides is 1. The van der Waals surface area contributed by atoms with E-state index in [4.69, 9.17) is 10.5 Å². The highest BCUT2D eigenvalue weighted by Gasteiger charge is 2.21. The molecule has 1 aliphatic heterocycles. The van der Waals surface area contributed by atoms with Gasteiger partial charge < -0.3 is 26.0 Å². The molecule has 2 unspecified atom stereocenters. The molecule has 4 N–H and O–H groups in total. The van der Waals surface area contributed by atoms with Crippen LogP contribution in [0.15, 0.2) is 42.5 Å². The summed E-state index contributed by atoms with van der Waals surface area (Å²) in [6.45, 7) is 3.41. The third kappa shape index (κ3) is 7.80. The molecule has 2 aromatic carbocycles. The van der Waals surface area contributed by atoms with Gasteiger partial charge in [-0.25, -0.2) is 13.9 Å². The highest BCUT2D eigenvalue weighted by molar-refractivity contribution is 5.94. The molecule has 1 aromatic heterocycles. The van der Waals surface area contributed by atoms with Gasteiger partial charge in [0.05, 0.1) is 0 Å². The second kappa shape index (κ2) is 13.3. The Balaban J connectivity index is 1.26. The van der Waals surface area contributed by atoms with Crippen LogP contribution in [-0.2, 0) is 18.2 Å². The average Bonchev–Trinajstić information content (AvgIpc) is 3.37. The number of ether oxygens (including phenoxy) is 1. The number of hydrogen-bond acceptors (Lipinski definition) is 7. The molecule has 0 aliphatic carbocycles. The van der Waals surface area contributed by atoms with Crippen LogP contribution in [0.3, 0.4) is 0 Å². The Morgan fingerprint density at radius 2 is 2.03 bits per heavy atom. The van der Waals surface area contributed by atoms with E-state index in [1.165, 1.54) is 30.3 Å². The van der Waals surface area contributed by atoms with Crippen molar-refractivity contribution in [3.63, 3.8) is 0 Å². The Bertz CT molecular complexity index is 1270. The quantitative estimate of drug-likeness (QED) is 0.252. The SMILES string of the molecule is COC(NC(=O)NCCCN1CCCC(Cc2ccc(F)cc2)C1)c1cc(C(N)=O)cc(-c2nnnn2C)c1. The summed E-state index contributed by atoms with van der Waals surface area (Å²) in [6, 6.07) is 11.3. The summed E-state index contributed by atoms with van der Waals surface area (Å²) in [6.07, 6.45) is 3.22. The van der Waals surface area contributed by atoms with Crippen LogP contribution in [0.25, 0.3) is 11.4 Å². The minimum absolute atomic E-state index is 0.208. The number of tetrazole rings is 1. The number of carbonyl (C=O) groups is 2. The summed E-state index contributed by atoms with van der Waals surface area (Å²) in [4.78, 5) is 27.0. The van der Waals surface area contributed by atoms with E-state index in [1.807, 2.05) is 12.1 Å². The van der Waals surface area contributed by atoms with Crippen molar-refractivity contribution in [2.75, 3.05) is 33.3 Å². The second-order valence-corrected chi connectivity index (χ2v) is 9.84. The summed E-state index contributed by atoms with van der Waals surface area (Å²) in [7, 11) is 3.14. The van der Waals surface area contributed by atoms with E-state index in [2.05, 4.69) is 31.1 Å². The second-order valence-electron chi connectivity index (χ2n) is 9.84. The Morgan fingerprint density at radius 1 is 1.23 bits per heavy atom. The van der Waals surface area contributed by atoms with Crippen molar-refractivity contribution < 1.29 is 18.7 Å². The molecule has 0 bridgehead atoms. The number of benzene rings is 2. The predicted molar refractivity (Wildman–Crippen MR) is 143 cm³/mol. The summed E-state index contributed by atoms with van der Waals surface area (Å²) in [5, 5.41) is 17.1. The average molecular weight is 539 g/mol. The van der Waals surface area contributed by atoms with E-state index in [0.29, 0.717) is 29.4 Å². The van der Waals surface area contributed by atoms with E-state index in [9.17, 15) is 14.0 Å². The van der Waals surface area contributed by atoms with Gasteiger partial charge in [-0.05, 0) is 91.0 Å². The van der Waals surface area contributed by atoms with Gasteiger partial charge in [0.2, 0.25) is 5.91 Å². The molecule has 0 saturated carbocycles. The fourth-order valence-corrected chi connectivity index (χ4v) is 4.98. The number of rotatable bonds is 11.